The number of nitrogens with one attached hydrogen (secondary N) is 2. The van der Waals surface area contributed by atoms with Gasteiger partial charge in [-0.25, -0.2) is 29.9 Å². The van der Waals surface area contributed by atoms with Crippen molar-refractivity contribution in [3.8, 4) is 45.4 Å². The van der Waals surface area contributed by atoms with Crippen molar-refractivity contribution in [1.29, 1.82) is 0 Å². The quantitative estimate of drug-likeness (QED) is 0.137. The molecule has 2 aliphatic rings. The Morgan fingerprint density at radius 3 is 1.33 bits per heavy atom. The summed E-state index contributed by atoms with van der Waals surface area (Å²) in [5.41, 5.74) is 6.42. The summed E-state index contributed by atoms with van der Waals surface area (Å²) in [4.78, 5) is 31.3. The molecule has 0 atom stereocenters. The fourth-order valence-corrected chi connectivity index (χ4v) is 7.35. The molecule has 54 heavy (non-hydrogen) atoms. The summed E-state index contributed by atoms with van der Waals surface area (Å²) in [6.07, 6.45) is 7.04. The van der Waals surface area contributed by atoms with Crippen molar-refractivity contribution >= 4 is 35.1 Å². The summed E-state index contributed by atoms with van der Waals surface area (Å²) in [5.74, 6) is 2.58. The predicted molar refractivity (Wildman–Crippen MR) is 211 cm³/mol. The number of methoxy groups -OCH3 is 2. The van der Waals surface area contributed by atoms with Crippen LogP contribution in [0.5, 0.6) is 11.8 Å². The Balaban J connectivity index is 0.954. The first-order valence-corrected chi connectivity index (χ1v) is 18.4. The Kier molecular flexibility index (Phi) is 10.5. The predicted octanol–water partition coefficient (Wildman–Crippen LogP) is 6.34. The summed E-state index contributed by atoms with van der Waals surface area (Å²) in [5, 5.41) is 8.25. The topological polar surface area (TPSA) is 126 Å². The average Bonchev–Trinajstić information content (AvgIpc) is 3.18. The molecule has 274 valence electrons. The lowest BCUT2D eigenvalue weighted by Crippen LogP contribution is -2.58. The molecule has 12 nitrogen and oxygen atoms in total. The fraction of sp³-hybridized carbons (Fsp3) is 0.250. The van der Waals surface area contributed by atoms with E-state index in [1.807, 2.05) is 72.8 Å². The van der Waals surface area contributed by atoms with E-state index in [9.17, 15) is 0 Å². The van der Waals surface area contributed by atoms with Crippen molar-refractivity contribution in [2.24, 2.45) is 0 Å². The van der Waals surface area contributed by atoms with Gasteiger partial charge in [0.15, 0.2) is 0 Å². The standard InChI is InChI=1S/C40H38Cl2N10O2/c1-53-37-25(19-47-27-21-51(22-27)39-43-15-5-16-44-39)11-13-33(49-37)31-9-3-7-29(35(31)41)30-8-4-10-32(36(30)42)34-14-12-26(38(50-34)54-2)20-48-28-23-52(24-28)40-45-17-6-18-46-40/h3-18,27-28,47-48H,19-24H2,1-2H3. The molecule has 8 rings (SSSR count). The zero-order chi connectivity index (χ0) is 37.0. The van der Waals surface area contributed by atoms with Crippen molar-refractivity contribution in [2.75, 3.05) is 50.2 Å². The van der Waals surface area contributed by atoms with Gasteiger partial charge >= 0.3 is 0 Å². The van der Waals surface area contributed by atoms with Gasteiger partial charge in [-0.3, -0.25) is 0 Å². The van der Waals surface area contributed by atoms with Crippen LogP contribution in [0.3, 0.4) is 0 Å². The molecule has 0 amide bonds. The maximum atomic E-state index is 7.15. The minimum atomic E-state index is 0.316. The highest BCUT2D eigenvalue weighted by molar-refractivity contribution is 6.39. The lowest BCUT2D eigenvalue weighted by Gasteiger charge is -2.39. The normalized spacial score (nSPS) is 14.4. The molecule has 0 saturated carbocycles. The van der Waals surface area contributed by atoms with Gasteiger partial charge in [-0.15, -0.1) is 0 Å². The molecular weight excluding hydrogens is 723 g/mol. The maximum absolute atomic E-state index is 7.15. The highest BCUT2D eigenvalue weighted by atomic mass is 35.5. The van der Waals surface area contributed by atoms with Crippen LogP contribution in [0.1, 0.15) is 11.1 Å². The Morgan fingerprint density at radius 1 is 0.556 bits per heavy atom. The van der Waals surface area contributed by atoms with Crippen LogP contribution < -0.4 is 29.9 Å². The number of rotatable bonds is 13. The largest absolute Gasteiger partial charge is 0.481 e. The summed E-state index contributed by atoms with van der Waals surface area (Å²) in [7, 11) is 3.26. The number of pyridine rings is 2. The number of hydrogen-bond donors (Lipinski definition) is 2. The number of aromatic nitrogens is 6. The third kappa shape index (κ3) is 7.38. The minimum Gasteiger partial charge on any atom is -0.481 e. The van der Waals surface area contributed by atoms with Crippen molar-refractivity contribution in [1.82, 2.24) is 40.5 Å². The Hall–Kier alpha value is -5.40. The molecule has 2 fully saturated rings. The van der Waals surface area contributed by atoms with Crippen LogP contribution >= 0.6 is 23.2 Å². The van der Waals surface area contributed by atoms with E-state index in [0.29, 0.717) is 58.4 Å². The van der Waals surface area contributed by atoms with Crippen molar-refractivity contribution in [2.45, 2.75) is 25.2 Å². The number of ether oxygens (including phenoxy) is 2. The fourth-order valence-electron chi connectivity index (χ4n) is 6.70. The van der Waals surface area contributed by atoms with Gasteiger partial charge in [0.2, 0.25) is 23.7 Å². The van der Waals surface area contributed by atoms with Gasteiger partial charge in [-0.2, -0.15) is 0 Å². The molecule has 2 N–H and O–H groups in total. The number of halogens is 2. The molecule has 2 saturated heterocycles. The first kappa shape index (κ1) is 35.6. The van der Waals surface area contributed by atoms with Crippen LogP contribution in [0.2, 0.25) is 10.0 Å². The van der Waals surface area contributed by atoms with Gasteiger partial charge in [0.05, 0.1) is 35.7 Å². The van der Waals surface area contributed by atoms with E-state index in [2.05, 4.69) is 40.4 Å². The van der Waals surface area contributed by atoms with Crippen LogP contribution in [0.4, 0.5) is 11.9 Å². The monoisotopic (exact) mass is 760 g/mol. The van der Waals surface area contributed by atoms with Gasteiger partial charge in [0.1, 0.15) is 0 Å². The molecule has 0 radical (unpaired) electrons. The lowest BCUT2D eigenvalue weighted by molar-refractivity contribution is 0.379. The summed E-state index contributed by atoms with van der Waals surface area (Å²) in [6, 6.07) is 24.0. The zero-order valence-corrected chi connectivity index (χ0v) is 31.3. The molecule has 4 aromatic heterocycles. The van der Waals surface area contributed by atoms with E-state index >= 15 is 0 Å². The van der Waals surface area contributed by atoms with Crippen LogP contribution in [0.25, 0.3) is 33.6 Å². The van der Waals surface area contributed by atoms with Gasteiger partial charge in [-0.1, -0.05) is 71.7 Å². The average molecular weight is 762 g/mol. The second-order valence-electron chi connectivity index (χ2n) is 13.1. The highest BCUT2D eigenvalue weighted by Crippen LogP contribution is 2.42. The van der Waals surface area contributed by atoms with E-state index < -0.39 is 0 Å². The van der Waals surface area contributed by atoms with Crippen molar-refractivity contribution in [3.63, 3.8) is 0 Å². The van der Waals surface area contributed by atoms with Crippen LogP contribution in [0.15, 0.2) is 97.6 Å². The minimum absolute atomic E-state index is 0.316. The smallest absolute Gasteiger partial charge is 0.225 e. The van der Waals surface area contributed by atoms with E-state index in [1.165, 1.54) is 0 Å². The molecule has 14 heteroatoms. The second kappa shape index (κ2) is 15.9. The number of hydrogen-bond acceptors (Lipinski definition) is 12. The Morgan fingerprint density at radius 2 is 0.944 bits per heavy atom. The van der Waals surface area contributed by atoms with E-state index in [0.717, 1.165) is 71.5 Å². The summed E-state index contributed by atoms with van der Waals surface area (Å²) < 4.78 is 11.5. The first-order chi connectivity index (χ1) is 26.5. The number of nitrogens with zero attached hydrogens (tertiary/aromatic N) is 8. The Bertz CT molecular complexity index is 2080. The van der Waals surface area contributed by atoms with Crippen LogP contribution in [-0.2, 0) is 13.1 Å². The molecule has 2 aliphatic heterocycles. The van der Waals surface area contributed by atoms with E-state index in [-0.39, 0.29) is 0 Å². The SMILES string of the molecule is COc1nc(-c2cccc(-c3cccc(-c4ccc(CNC5CN(c6ncccn6)C5)c(OC)n4)c3Cl)c2Cl)ccc1CNC1CN(c2ncccn2)C1. The summed E-state index contributed by atoms with van der Waals surface area (Å²) in [6.45, 7) is 4.57. The molecule has 2 aromatic carbocycles. The van der Waals surface area contributed by atoms with Gasteiger partial charge in [0, 0.05) is 110 Å². The second-order valence-corrected chi connectivity index (χ2v) is 13.9. The third-order valence-electron chi connectivity index (χ3n) is 9.70. The molecule has 0 bridgehead atoms. The lowest BCUT2D eigenvalue weighted by atomic mass is 9.98. The number of benzene rings is 2. The van der Waals surface area contributed by atoms with E-state index in [1.54, 1.807) is 39.0 Å². The Labute approximate surface area is 323 Å². The maximum Gasteiger partial charge on any atom is 0.225 e. The van der Waals surface area contributed by atoms with E-state index in [4.69, 9.17) is 42.6 Å². The van der Waals surface area contributed by atoms with Crippen LogP contribution in [0, 0.1) is 0 Å². The van der Waals surface area contributed by atoms with Gasteiger partial charge in [0.25, 0.3) is 0 Å². The molecular formula is C40H38Cl2N10O2. The summed E-state index contributed by atoms with van der Waals surface area (Å²) >= 11 is 14.3. The molecule has 0 unspecified atom stereocenters. The van der Waals surface area contributed by atoms with Crippen molar-refractivity contribution in [3.05, 3.63) is 119 Å². The molecule has 6 heterocycles. The molecule has 0 spiro atoms. The highest BCUT2D eigenvalue weighted by Gasteiger charge is 2.29. The third-order valence-corrected chi connectivity index (χ3v) is 10.5. The van der Waals surface area contributed by atoms with Crippen molar-refractivity contribution < 1.29 is 9.47 Å². The zero-order valence-electron chi connectivity index (χ0n) is 29.8. The number of anilines is 2. The molecule has 6 aromatic rings. The molecule has 0 aliphatic carbocycles. The first-order valence-electron chi connectivity index (χ1n) is 17.7. The van der Waals surface area contributed by atoms with Gasteiger partial charge in [-0.05, 0) is 24.3 Å². The van der Waals surface area contributed by atoms with Gasteiger partial charge < -0.3 is 29.9 Å². The van der Waals surface area contributed by atoms with Crippen LogP contribution in [-0.4, -0.2) is 82.4 Å².